The average molecular weight is 723 g/mol. The van der Waals surface area contributed by atoms with Crippen molar-refractivity contribution in [3.05, 3.63) is 65.1 Å². The fourth-order valence-corrected chi connectivity index (χ4v) is 3.60. The maximum absolute atomic E-state index is 7.29. The van der Waals surface area contributed by atoms with Crippen LogP contribution in [-0.4, -0.2) is 0 Å². The van der Waals surface area contributed by atoms with Gasteiger partial charge in [0.25, 0.3) is 0 Å². The minimum Gasteiger partial charge on any atom is -0.700 e. The van der Waals surface area contributed by atoms with E-state index in [9.17, 15) is 0 Å². The van der Waals surface area contributed by atoms with Gasteiger partial charge in [0, 0.05) is 17.9 Å². The van der Waals surface area contributed by atoms with E-state index in [-0.39, 0.29) is 43.8 Å². The van der Waals surface area contributed by atoms with Gasteiger partial charge >= 0.3 is 21.1 Å². The largest absolute Gasteiger partial charge is 4.00 e. The molecule has 4 nitrogen and oxygen atoms in total. The molecular weight excluding hydrogens is 715 g/mol. The molecule has 21 heavy (non-hydrogen) atoms. The van der Waals surface area contributed by atoms with E-state index in [0.717, 1.165) is 8.95 Å². The van der Waals surface area contributed by atoms with Gasteiger partial charge in [-0.2, -0.15) is 11.4 Å². The van der Waals surface area contributed by atoms with Crippen LogP contribution in [0.4, 0.5) is 22.7 Å². The molecule has 0 saturated heterocycles. The van der Waals surface area contributed by atoms with Gasteiger partial charge in [-0.3, -0.25) is 0 Å². The van der Waals surface area contributed by atoms with Gasteiger partial charge in [-0.05, 0) is 12.1 Å². The second kappa shape index (κ2) is 9.40. The van der Waals surface area contributed by atoms with Crippen LogP contribution in [0.2, 0.25) is 0 Å². The maximum atomic E-state index is 7.29. The van der Waals surface area contributed by atoms with Crippen LogP contribution in [-0.2, 0) is 21.1 Å². The van der Waals surface area contributed by atoms with E-state index in [4.69, 9.17) is 22.9 Å². The zero-order chi connectivity index (χ0) is 15.4. The Morgan fingerprint density at radius 2 is 0.857 bits per heavy atom. The predicted molar refractivity (Wildman–Crippen MR) is 99.6 cm³/mol. The van der Waals surface area contributed by atoms with Crippen molar-refractivity contribution >= 4 is 86.5 Å². The van der Waals surface area contributed by atoms with E-state index in [1.165, 1.54) is 0 Å². The first-order valence-corrected chi connectivity index (χ1v) is 8.24. The summed E-state index contributed by atoms with van der Waals surface area (Å²) in [7, 11) is 0. The van der Waals surface area contributed by atoms with Crippen molar-refractivity contribution in [2.75, 3.05) is 0 Å². The molecule has 0 saturated carbocycles. The molecule has 0 amide bonds. The normalized spacial score (nSPS) is 9.33. The fraction of sp³-hybridized carbons (Fsp3) is 0. The summed E-state index contributed by atoms with van der Waals surface area (Å²) in [6.07, 6.45) is 0. The van der Waals surface area contributed by atoms with Gasteiger partial charge in [0.1, 0.15) is 0 Å². The zero-order valence-electron chi connectivity index (χ0n) is 10.1. The molecule has 0 aliphatic rings. The Bertz CT molecular complexity index is 535. The Morgan fingerprint density at radius 1 is 0.571 bits per heavy atom. The Morgan fingerprint density at radius 3 is 1.10 bits per heavy atom. The van der Waals surface area contributed by atoms with Crippen molar-refractivity contribution in [2.24, 2.45) is 0 Å². The summed E-state index contributed by atoms with van der Waals surface area (Å²) in [5, 5.41) is 0. The summed E-state index contributed by atoms with van der Waals surface area (Å²) < 4.78 is 2.93. The van der Waals surface area contributed by atoms with Crippen LogP contribution in [0.15, 0.2) is 42.2 Å². The van der Waals surface area contributed by atoms with Crippen molar-refractivity contribution in [1.82, 2.24) is 0 Å². The van der Waals surface area contributed by atoms with Crippen molar-refractivity contribution in [2.45, 2.75) is 0 Å². The number of hydrogen-bond donors (Lipinski definition) is 0. The van der Waals surface area contributed by atoms with Crippen molar-refractivity contribution in [1.29, 1.82) is 0 Å². The van der Waals surface area contributed by atoms with Crippen LogP contribution in [0.1, 0.15) is 0 Å². The first kappa shape index (κ1) is 21.2. The summed E-state index contributed by atoms with van der Waals surface area (Å²) in [6.45, 7) is 0. The second-order valence-electron chi connectivity index (χ2n) is 3.62. The first-order valence-electron chi connectivity index (χ1n) is 5.07. The molecule has 2 aromatic carbocycles. The van der Waals surface area contributed by atoms with E-state index >= 15 is 0 Å². The third kappa shape index (κ3) is 6.48. The van der Waals surface area contributed by atoms with E-state index in [2.05, 4.69) is 63.7 Å². The smallest absolute Gasteiger partial charge is 0.700 e. The maximum Gasteiger partial charge on any atom is 4.00 e. The van der Waals surface area contributed by atoms with Crippen molar-refractivity contribution < 1.29 is 21.1 Å². The molecule has 0 spiro atoms. The number of rotatable bonds is 0. The molecule has 0 atom stereocenters. The molecule has 0 heterocycles. The number of nitrogens with one attached hydrogen (secondary N) is 4. The number of benzene rings is 2. The summed E-state index contributed by atoms with van der Waals surface area (Å²) in [6, 6.07) is 6.68. The first-order chi connectivity index (χ1) is 9.22. The molecule has 2 aromatic rings. The molecular formula is C12H8Br4N4Pt. The summed E-state index contributed by atoms with van der Waals surface area (Å²) in [4.78, 5) is 0. The molecule has 0 fully saturated rings. The van der Waals surface area contributed by atoms with E-state index < -0.39 is 0 Å². The minimum absolute atomic E-state index is 0. The molecule has 4 N–H and O–H groups in total. The van der Waals surface area contributed by atoms with Crippen LogP contribution < -0.4 is 0 Å². The molecule has 0 aliphatic carbocycles. The van der Waals surface area contributed by atoms with Gasteiger partial charge in [0.05, 0.1) is 0 Å². The van der Waals surface area contributed by atoms with E-state index in [1.54, 1.807) is 24.3 Å². The van der Waals surface area contributed by atoms with Crippen molar-refractivity contribution in [3.8, 4) is 0 Å². The SMILES string of the molecule is [NH-]c1cc(Br)cc(Br)c1[NH-].[NH-]c1cc(Br)cc(Br)c1[NH-].[Pt+4]. The Kier molecular flexibility index (Phi) is 9.51. The Labute approximate surface area is 171 Å². The van der Waals surface area contributed by atoms with Gasteiger partial charge < -0.3 is 22.9 Å². The summed E-state index contributed by atoms with van der Waals surface area (Å²) in [5.74, 6) is 0. The van der Waals surface area contributed by atoms with Crippen LogP contribution in [0, 0.1) is 0 Å². The van der Waals surface area contributed by atoms with E-state index in [0.29, 0.717) is 8.95 Å². The van der Waals surface area contributed by atoms with Crippen LogP contribution in [0.5, 0.6) is 0 Å². The predicted octanol–water partition coefficient (Wildman–Crippen LogP) is 9.16. The van der Waals surface area contributed by atoms with Crippen LogP contribution in [0.3, 0.4) is 0 Å². The molecule has 9 heteroatoms. The van der Waals surface area contributed by atoms with Crippen molar-refractivity contribution in [3.63, 3.8) is 0 Å². The minimum atomic E-state index is 0. The topological polar surface area (TPSA) is 95.2 Å². The van der Waals surface area contributed by atoms with Gasteiger partial charge in [-0.25, -0.2) is 0 Å². The molecule has 0 unspecified atom stereocenters. The Balaban J connectivity index is 0.000000364. The summed E-state index contributed by atoms with van der Waals surface area (Å²) >= 11 is 12.7. The summed E-state index contributed by atoms with van der Waals surface area (Å²) in [5.41, 5.74) is 30.0. The van der Waals surface area contributed by atoms with Gasteiger partial charge in [-0.1, -0.05) is 75.9 Å². The fourth-order valence-electron chi connectivity index (χ4n) is 1.15. The molecule has 2 rings (SSSR count). The zero-order valence-corrected chi connectivity index (χ0v) is 18.8. The quantitative estimate of drug-likeness (QED) is 0.259. The van der Waals surface area contributed by atoms with E-state index in [1.807, 2.05) is 0 Å². The molecule has 0 bridgehead atoms. The molecule has 114 valence electrons. The molecule has 0 radical (unpaired) electrons. The van der Waals surface area contributed by atoms with Gasteiger partial charge in [0.15, 0.2) is 0 Å². The van der Waals surface area contributed by atoms with Gasteiger partial charge in [-0.15, -0.1) is 11.4 Å². The third-order valence-electron chi connectivity index (χ3n) is 2.11. The molecule has 0 aliphatic heterocycles. The van der Waals surface area contributed by atoms with Crippen LogP contribution >= 0.6 is 63.7 Å². The monoisotopic (exact) mass is 719 g/mol. The average Bonchev–Trinajstić information content (AvgIpc) is 2.33. The Hall–Kier alpha value is 0.248. The number of halogens is 4. The third-order valence-corrected chi connectivity index (χ3v) is 4.28. The van der Waals surface area contributed by atoms with Crippen LogP contribution in [0.25, 0.3) is 22.9 Å². The standard InChI is InChI=1S/2C6H4Br2N2.Pt/c2*7-3-1-4(8)6(10)5(9)2-3;/h2*1-2,9-10H;/q2*-2;+4. The molecule has 0 aromatic heterocycles. The van der Waals surface area contributed by atoms with Gasteiger partial charge in [0.2, 0.25) is 0 Å². The second-order valence-corrected chi connectivity index (χ2v) is 7.16. The number of hydrogen-bond acceptors (Lipinski definition) is 0.